The first-order valence-electron chi connectivity index (χ1n) is 10.5. The Morgan fingerprint density at radius 1 is 1.00 bits per heavy atom. The second-order valence-corrected chi connectivity index (χ2v) is 10.5. The largest absolute Gasteiger partial charge is 0.302 e. The van der Waals surface area contributed by atoms with Crippen LogP contribution in [0.5, 0.6) is 0 Å². The number of sulfone groups is 1. The summed E-state index contributed by atoms with van der Waals surface area (Å²) < 4.78 is 26.3. The van der Waals surface area contributed by atoms with E-state index in [0.29, 0.717) is 18.2 Å². The minimum Gasteiger partial charge on any atom is -0.302 e. The van der Waals surface area contributed by atoms with Crippen LogP contribution in [-0.4, -0.2) is 56.1 Å². The lowest BCUT2D eigenvalue weighted by molar-refractivity contribution is -0.118. The van der Waals surface area contributed by atoms with Crippen LogP contribution < -0.4 is 4.90 Å². The summed E-state index contributed by atoms with van der Waals surface area (Å²) in [6.07, 6.45) is -0.0790. The molecule has 31 heavy (non-hydrogen) atoms. The highest BCUT2D eigenvalue weighted by Crippen LogP contribution is 2.31. The van der Waals surface area contributed by atoms with Crippen molar-refractivity contribution in [2.24, 2.45) is 0 Å². The molecule has 6 nitrogen and oxygen atoms in total. The summed E-state index contributed by atoms with van der Waals surface area (Å²) >= 11 is 1.47. The third kappa shape index (κ3) is 5.70. The number of aromatic nitrogens is 1. The van der Waals surface area contributed by atoms with E-state index in [1.54, 1.807) is 35.2 Å². The number of benzene rings is 2. The number of amides is 1. The average molecular weight is 460 g/mol. The number of nitrogens with zero attached hydrogens (tertiary/aromatic N) is 3. The minimum atomic E-state index is -3.52. The molecule has 1 heterocycles. The van der Waals surface area contributed by atoms with Gasteiger partial charge in [0.05, 0.1) is 20.9 Å². The highest BCUT2D eigenvalue weighted by atomic mass is 32.2. The Morgan fingerprint density at radius 3 is 2.35 bits per heavy atom. The predicted octanol–water partition coefficient (Wildman–Crippen LogP) is 4.14. The number of fused-ring (bicyclic) bond motifs is 1. The van der Waals surface area contributed by atoms with Crippen molar-refractivity contribution in [3.8, 4) is 0 Å². The van der Waals surface area contributed by atoms with E-state index in [-0.39, 0.29) is 23.0 Å². The average Bonchev–Trinajstić information content (AvgIpc) is 3.21. The molecular weight excluding hydrogens is 430 g/mol. The third-order valence-electron chi connectivity index (χ3n) is 5.36. The van der Waals surface area contributed by atoms with Gasteiger partial charge in [-0.05, 0) is 43.8 Å². The van der Waals surface area contributed by atoms with Crippen molar-refractivity contribution in [3.05, 3.63) is 54.1 Å². The van der Waals surface area contributed by atoms with E-state index in [9.17, 15) is 13.2 Å². The van der Waals surface area contributed by atoms with Crippen molar-refractivity contribution in [2.75, 3.05) is 36.8 Å². The van der Waals surface area contributed by atoms with Crippen LogP contribution in [0.1, 0.15) is 25.8 Å². The summed E-state index contributed by atoms with van der Waals surface area (Å²) in [6, 6.07) is 14.3. The maximum atomic E-state index is 13.2. The van der Waals surface area contributed by atoms with Gasteiger partial charge in [0.1, 0.15) is 0 Å². The Labute approximate surface area is 188 Å². The molecule has 0 aliphatic rings. The fourth-order valence-corrected chi connectivity index (χ4v) is 5.74. The number of carbonyl (C=O) groups excluding carboxylic acids is 1. The molecule has 1 aromatic heterocycles. The number of likely N-dealkylation sites (N-methyl/N-ethyl adjacent to an activating group) is 1. The fraction of sp³-hybridized carbons (Fsp3) is 0.391. The van der Waals surface area contributed by atoms with E-state index in [1.807, 2.05) is 25.1 Å². The van der Waals surface area contributed by atoms with Crippen molar-refractivity contribution < 1.29 is 13.2 Å². The van der Waals surface area contributed by atoms with Crippen LogP contribution in [0, 0.1) is 6.92 Å². The quantitative estimate of drug-likeness (QED) is 0.456. The van der Waals surface area contributed by atoms with Gasteiger partial charge < -0.3 is 4.90 Å². The molecule has 0 fully saturated rings. The van der Waals surface area contributed by atoms with Gasteiger partial charge in [-0.2, -0.15) is 0 Å². The van der Waals surface area contributed by atoms with Crippen LogP contribution in [0.25, 0.3) is 10.2 Å². The van der Waals surface area contributed by atoms with Crippen LogP contribution in [-0.2, 0) is 14.6 Å². The van der Waals surface area contributed by atoms with Crippen LogP contribution in [0.3, 0.4) is 0 Å². The van der Waals surface area contributed by atoms with E-state index < -0.39 is 9.84 Å². The molecule has 1 amide bonds. The zero-order valence-corrected chi connectivity index (χ0v) is 19.9. The lowest BCUT2D eigenvalue weighted by Crippen LogP contribution is -2.39. The molecule has 2 aromatic carbocycles. The number of hydrogen-bond acceptors (Lipinski definition) is 6. The van der Waals surface area contributed by atoms with Gasteiger partial charge in [-0.1, -0.05) is 55.5 Å². The topological polar surface area (TPSA) is 70.6 Å². The molecule has 3 aromatic rings. The Kier molecular flexibility index (Phi) is 7.80. The van der Waals surface area contributed by atoms with Crippen LogP contribution >= 0.6 is 11.3 Å². The van der Waals surface area contributed by atoms with Gasteiger partial charge >= 0.3 is 0 Å². The van der Waals surface area contributed by atoms with Gasteiger partial charge in [-0.15, -0.1) is 0 Å². The van der Waals surface area contributed by atoms with E-state index in [4.69, 9.17) is 4.98 Å². The van der Waals surface area contributed by atoms with E-state index in [0.717, 1.165) is 28.9 Å². The third-order valence-corrected chi connectivity index (χ3v) is 8.14. The lowest BCUT2D eigenvalue weighted by Gasteiger charge is -2.24. The molecule has 166 valence electrons. The molecular formula is C23H29N3O3S2. The molecule has 0 aliphatic carbocycles. The molecule has 0 spiro atoms. The Hall–Kier alpha value is -2.29. The Morgan fingerprint density at radius 2 is 1.71 bits per heavy atom. The minimum absolute atomic E-state index is 0.0790. The summed E-state index contributed by atoms with van der Waals surface area (Å²) in [5.74, 6) is -0.440. The predicted molar refractivity (Wildman–Crippen MR) is 128 cm³/mol. The monoisotopic (exact) mass is 459 g/mol. The molecule has 8 heteroatoms. The summed E-state index contributed by atoms with van der Waals surface area (Å²) in [6.45, 7) is 9.14. The molecule has 3 rings (SSSR count). The van der Waals surface area contributed by atoms with Crippen LogP contribution in [0.15, 0.2) is 53.4 Å². The van der Waals surface area contributed by atoms with Crippen LogP contribution in [0.2, 0.25) is 0 Å². The summed E-state index contributed by atoms with van der Waals surface area (Å²) in [5.41, 5.74) is 1.95. The number of aryl methyl sites for hydroxylation is 1. The molecule has 0 atom stereocenters. The van der Waals surface area contributed by atoms with E-state index in [1.165, 1.54) is 11.3 Å². The molecule has 0 saturated carbocycles. The molecule has 0 radical (unpaired) electrons. The first kappa shape index (κ1) is 23.4. The number of para-hydroxylation sites is 1. The smallest absolute Gasteiger partial charge is 0.229 e. The number of carbonyl (C=O) groups is 1. The van der Waals surface area contributed by atoms with Crippen molar-refractivity contribution in [1.29, 1.82) is 0 Å². The van der Waals surface area contributed by atoms with Gasteiger partial charge in [-0.3, -0.25) is 9.69 Å². The van der Waals surface area contributed by atoms with E-state index in [2.05, 4.69) is 18.7 Å². The summed E-state index contributed by atoms with van der Waals surface area (Å²) in [4.78, 5) is 22.0. The van der Waals surface area contributed by atoms with Crippen molar-refractivity contribution >= 4 is 42.4 Å². The number of rotatable bonds is 10. The molecule has 0 unspecified atom stereocenters. The fourth-order valence-electron chi connectivity index (χ4n) is 3.40. The second kappa shape index (κ2) is 10.3. The zero-order valence-electron chi connectivity index (χ0n) is 18.2. The highest BCUT2D eigenvalue weighted by Gasteiger charge is 2.23. The Bertz CT molecular complexity index is 1120. The molecule has 0 saturated heterocycles. The van der Waals surface area contributed by atoms with Crippen molar-refractivity contribution in [1.82, 2.24) is 9.88 Å². The Balaban J connectivity index is 1.82. The normalized spacial score (nSPS) is 11.9. The number of hydrogen-bond donors (Lipinski definition) is 0. The number of thiazole rings is 1. The van der Waals surface area contributed by atoms with Gasteiger partial charge in [0.25, 0.3) is 0 Å². The van der Waals surface area contributed by atoms with E-state index >= 15 is 0 Å². The maximum Gasteiger partial charge on any atom is 0.229 e. The second-order valence-electron chi connectivity index (χ2n) is 7.37. The van der Waals surface area contributed by atoms with Crippen molar-refractivity contribution in [3.63, 3.8) is 0 Å². The highest BCUT2D eigenvalue weighted by molar-refractivity contribution is 7.91. The summed E-state index contributed by atoms with van der Waals surface area (Å²) in [5, 5.41) is 0.624. The zero-order chi connectivity index (χ0) is 22.4. The first-order valence-corrected chi connectivity index (χ1v) is 13.0. The van der Waals surface area contributed by atoms with Gasteiger partial charge in [-0.25, -0.2) is 13.4 Å². The first-order chi connectivity index (χ1) is 14.9. The van der Waals surface area contributed by atoms with Crippen LogP contribution in [0.4, 0.5) is 5.13 Å². The SMILES string of the molecule is CCN(CC)CCN(C(=O)CCS(=O)(=O)c1ccccc1)c1nc2c(C)cccc2s1. The molecule has 0 aliphatic heterocycles. The molecule has 0 N–H and O–H groups in total. The summed E-state index contributed by atoms with van der Waals surface area (Å²) in [7, 11) is -3.52. The van der Waals surface area contributed by atoms with Gasteiger partial charge in [0, 0.05) is 19.5 Å². The number of anilines is 1. The van der Waals surface area contributed by atoms with Gasteiger partial charge in [0.2, 0.25) is 5.91 Å². The molecule has 0 bridgehead atoms. The lowest BCUT2D eigenvalue weighted by atomic mass is 10.2. The standard InChI is InChI=1S/C23H29N3O3S2/c1-4-25(5-2)15-16-26(23-24-22-18(3)10-9-13-20(22)30-23)21(27)14-17-31(28,29)19-11-7-6-8-12-19/h6-13H,4-5,14-17H2,1-3H3. The maximum absolute atomic E-state index is 13.2. The van der Waals surface area contributed by atoms with Gasteiger partial charge in [0.15, 0.2) is 15.0 Å². The van der Waals surface area contributed by atoms with Crippen molar-refractivity contribution in [2.45, 2.75) is 32.1 Å².